The molecule has 0 aliphatic carbocycles. The Morgan fingerprint density at radius 3 is 2.21 bits per heavy atom. The molecule has 0 aromatic rings. The standard InChI is InChI=1S/C14H22NO12P/c1-9(19)15-11-13(25-7-4-18)12(24-6-3-17)10(8-23-5-2-16)26-14(11)27-28(20,21)22/h2-4,10-14H,5-8H2,1H3,(H,15,19)(H2,20,21,22)/t10-,11-,12-,13-,14?/m1/s1/i2D,3D,4D. The van der Waals surface area contributed by atoms with Gasteiger partial charge in [0.15, 0.2) is 6.29 Å². The molecule has 0 spiro atoms. The Labute approximate surface area is 164 Å². The number of hydrogen-bond donors (Lipinski definition) is 3. The lowest BCUT2D eigenvalue weighted by Crippen LogP contribution is -2.66. The molecule has 14 heteroatoms. The third kappa shape index (κ3) is 8.20. The third-order valence-corrected chi connectivity index (χ3v) is 3.85. The van der Waals surface area contributed by atoms with Crippen LogP contribution in [0.2, 0.25) is 0 Å². The Balaban J connectivity index is 3.30. The summed E-state index contributed by atoms with van der Waals surface area (Å²) in [5, 5.41) is 2.27. The SMILES string of the molecule is [2H]C(=O)COC[C@H]1OC(OP(=O)(O)O)[C@H](NC(C)=O)[C@@H](OCC([2H])=O)[C@@H]1OCC([2H])=O. The first-order valence-electron chi connectivity index (χ1n) is 9.26. The van der Waals surface area contributed by atoms with Crippen LogP contribution in [0.1, 0.15) is 11.0 Å². The number of carbonyl (C=O) groups is 4. The normalized spacial score (nSPS) is 29.2. The summed E-state index contributed by atoms with van der Waals surface area (Å²) in [4.78, 5) is 62.9. The molecule has 0 radical (unpaired) electrons. The highest BCUT2D eigenvalue weighted by Crippen LogP contribution is 2.41. The van der Waals surface area contributed by atoms with Crippen LogP contribution in [0, 0.1) is 0 Å². The molecule has 1 saturated heterocycles. The van der Waals surface area contributed by atoms with Gasteiger partial charge in [0, 0.05) is 6.92 Å². The van der Waals surface area contributed by atoms with E-state index in [0.717, 1.165) is 6.92 Å². The number of aldehydes is 3. The molecule has 3 N–H and O–H groups in total. The van der Waals surface area contributed by atoms with Gasteiger partial charge >= 0.3 is 7.82 Å². The maximum absolute atomic E-state index is 11.6. The highest BCUT2D eigenvalue weighted by molar-refractivity contribution is 7.46. The molecule has 1 rings (SSSR count). The largest absolute Gasteiger partial charge is 0.472 e. The molecule has 1 unspecified atom stereocenters. The van der Waals surface area contributed by atoms with E-state index in [0.29, 0.717) is 0 Å². The number of phosphoric ester groups is 1. The predicted octanol–water partition coefficient (Wildman–Crippen LogP) is -2.29. The molecule has 1 heterocycles. The Hall–Kier alpha value is -1.57. The maximum Gasteiger partial charge on any atom is 0.472 e. The molecule has 160 valence electrons. The summed E-state index contributed by atoms with van der Waals surface area (Å²) in [5.74, 6) is -0.719. The van der Waals surface area contributed by atoms with Gasteiger partial charge in [0.05, 0.1) is 6.61 Å². The Morgan fingerprint density at radius 2 is 1.71 bits per heavy atom. The first-order valence-corrected chi connectivity index (χ1v) is 9.29. The zero-order chi connectivity index (χ0) is 23.8. The van der Waals surface area contributed by atoms with E-state index < -0.39 is 89.6 Å². The third-order valence-electron chi connectivity index (χ3n) is 3.37. The van der Waals surface area contributed by atoms with Crippen molar-refractivity contribution in [1.29, 1.82) is 0 Å². The highest BCUT2D eigenvalue weighted by Gasteiger charge is 2.50. The fourth-order valence-corrected chi connectivity index (χ4v) is 2.98. The van der Waals surface area contributed by atoms with E-state index in [4.69, 9.17) is 23.1 Å². The van der Waals surface area contributed by atoms with Crippen LogP contribution in [0.5, 0.6) is 0 Å². The number of nitrogens with one attached hydrogen (secondary N) is 1. The molecule has 0 aromatic heterocycles. The molecule has 1 aliphatic heterocycles. The smallest absolute Gasteiger partial charge is 0.371 e. The first-order chi connectivity index (χ1) is 14.3. The van der Waals surface area contributed by atoms with Crippen molar-refractivity contribution in [2.45, 2.75) is 37.6 Å². The van der Waals surface area contributed by atoms with Crippen LogP contribution in [0.3, 0.4) is 0 Å². The number of rotatable bonds is 13. The quantitative estimate of drug-likeness (QED) is 0.210. The summed E-state index contributed by atoms with van der Waals surface area (Å²) in [6.07, 6.45) is -9.54. The summed E-state index contributed by atoms with van der Waals surface area (Å²) in [7, 11) is -5.18. The van der Waals surface area contributed by atoms with Crippen molar-refractivity contribution < 1.29 is 61.1 Å². The van der Waals surface area contributed by atoms with Crippen molar-refractivity contribution >= 4 is 32.5 Å². The van der Waals surface area contributed by atoms with Crippen molar-refractivity contribution in [3.05, 3.63) is 0 Å². The Kier molecular flexibility index (Phi) is 8.52. The zero-order valence-corrected chi connectivity index (χ0v) is 15.5. The van der Waals surface area contributed by atoms with Gasteiger partial charge in [-0.25, -0.2) is 4.57 Å². The Bertz CT molecular complexity index is 719. The van der Waals surface area contributed by atoms with Crippen LogP contribution in [0.15, 0.2) is 0 Å². The predicted molar refractivity (Wildman–Crippen MR) is 87.9 cm³/mol. The molecule has 28 heavy (non-hydrogen) atoms. The number of ether oxygens (including phenoxy) is 4. The molecule has 0 saturated carbocycles. The van der Waals surface area contributed by atoms with E-state index in [1.165, 1.54) is 0 Å². The fraction of sp³-hybridized carbons (Fsp3) is 0.714. The summed E-state index contributed by atoms with van der Waals surface area (Å²) in [6, 6.07) is -1.50. The van der Waals surface area contributed by atoms with Crippen molar-refractivity contribution in [2.75, 3.05) is 26.4 Å². The second kappa shape index (κ2) is 12.1. The molecule has 0 bridgehead atoms. The minimum absolute atomic E-state index is 0.524. The average Bonchev–Trinajstić information content (AvgIpc) is 2.58. The van der Waals surface area contributed by atoms with E-state index in [2.05, 4.69) is 9.84 Å². The average molecular weight is 430 g/mol. The number of carbonyl (C=O) groups excluding carboxylic acids is 4. The van der Waals surface area contributed by atoms with Crippen molar-refractivity contribution in [3.63, 3.8) is 0 Å². The van der Waals surface area contributed by atoms with Gasteiger partial charge in [-0.3, -0.25) is 9.32 Å². The van der Waals surface area contributed by atoms with Crippen LogP contribution < -0.4 is 5.32 Å². The molecule has 1 amide bonds. The van der Waals surface area contributed by atoms with Gasteiger partial charge in [0.2, 0.25) is 5.91 Å². The topological polar surface area (TPSA) is 184 Å². The van der Waals surface area contributed by atoms with Gasteiger partial charge in [-0.15, -0.1) is 0 Å². The van der Waals surface area contributed by atoms with E-state index in [9.17, 15) is 33.5 Å². The van der Waals surface area contributed by atoms with Crippen LogP contribution in [-0.4, -0.2) is 91.6 Å². The highest BCUT2D eigenvalue weighted by atomic mass is 31.2. The van der Waals surface area contributed by atoms with Crippen molar-refractivity contribution in [2.24, 2.45) is 0 Å². The van der Waals surface area contributed by atoms with E-state index in [1.807, 2.05) is 0 Å². The van der Waals surface area contributed by atoms with E-state index >= 15 is 0 Å². The van der Waals surface area contributed by atoms with Crippen molar-refractivity contribution in [3.8, 4) is 0 Å². The van der Waals surface area contributed by atoms with Crippen LogP contribution in [-0.2, 0) is 47.2 Å². The Morgan fingerprint density at radius 1 is 1.14 bits per heavy atom. The summed E-state index contributed by atoms with van der Waals surface area (Å²) < 4.78 is 57.7. The molecular weight excluding hydrogens is 405 g/mol. The van der Waals surface area contributed by atoms with E-state index in [1.54, 1.807) is 0 Å². The van der Waals surface area contributed by atoms with Gasteiger partial charge < -0.3 is 48.4 Å². The minimum atomic E-state index is -5.18. The number of hydrogen-bond acceptors (Lipinski definition) is 10. The van der Waals surface area contributed by atoms with Gasteiger partial charge in [-0.2, -0.15) is 0 Å². The van der Waals surface area contributed by atoms with Crippen LogP contribution in [0.4, 0.5) is 0 Å². The van der Waals surface area contributed by atoms with Gasteiger partial charge in [-0.1, -0.05) is 0 Å². The summed E-state index contributed by atoms with van der Waals surface area (Å²) in [6.45, 7) is -1.78. The second-order valence-electron chi connectivity index (χ2n) is 5.36. The van der Waals surface area contributed by atoms with Gasteiger partial charge in [0.1, 0.15) is 67.1 Å². The minimum Gasteiger partial charge on any atom is -0.371 e. The molecule has 0 aromatic carbocycles. The lowest BCUT2D eigenvalue weighted by atomic mass is 9.96. The molecule has 1 aliphatic rings. The fourth-order valence-electron chi connectivity index (χ4n) is 2.53. The first kappa shape index (κ1) is 19.7. The molecule has 13 nitrogen and oxygen atoms in total. The molecule has 1 fully saturated rings. The van der Waals surface area contributed by atoms with Crippen LogP contribution >= 0.6 is 7.82 Å². The number of amides is 1. The lowest BCUT2D eigenvalue weighted by Gasteiger charge is -2.45. The number of phosphoric acid groups is 1. The lowest BCUT2D eigenvalue weighted by molar-refractivity contribution is -0.265. The monoisotopic (exact) mass is 430 g/mol. The maximum atomic E-state index is 11.6. The summed E-state index contributed by atoms with van der Waals surface area (Å²) >= 11 is 0. The van der Waals surface area contributed by atoms with E-state index in [-0.39, 0.29) is 0 Å². The molecular formula is C14H22NO12P. The van der Waals surface area contributed by atoms with Crippen molar-refractivity contribution in [1.82, 2.24) is 5.32 Å². The van der Waals surface area contributed by atoms with Gasteiger partial charge in [0.25, 0.3) is 0 Å². The second-order valence-corrected chi connectivity index (χ2v) is 6.56. The van der Waals surface area contributed by atoms with Crippen LogP contribution in [0.25, 0.3) is 0 Å². The van der Waals surface area contributed by atoms with Gasteiger partial charge in [-0.05, 0) is 0 Å². The zero-order valence-electron chi connectivity index (χ0n) is 17.6. The molecule has 5 atom stereocenters. The summed E-state index contributed by atoms with van der Waals surface area (Å²) in [5.41, 5.74) is 0.